The maximum atomic E-state index is 12.3. The summed E-state index contributed by atoms with van der Waals surface area (Å²) in [4.78, 5) is 28.3. The van der Waals surface area contributed by atoms with Crippen molar-refractivity contribution in [2.75, 3.05) is 37.6 Å². The molecule has 2 aliphatic rings. The van der Waals surface area contributed by atoms with Crippen LogP contribution >= 0.6 is 11.6 Å². The third kappa shape index (κ3) is 5.11. The Bertz CT molecular complexity index is 608. The molecule has 0 spiro atoms. The number of nitrogens with one attached hydrogen (secondary N) is 1. The monoisotopic (exact) mass is 363 g/mol. The van der Waals surface area contributed by atoms with Crippen LogP contribution in [-0.4, -0.2) is 49.4 Å². The van der Waals surface area contributed by atoms with Crippen LogP contribution < -0.4 is 10.2 Å². The van der Waals surface area contributed by atoms with Gasteiger partial charge in [0, 0.05) is 43.3 Å². The lowest BCUT2D eigenvalue weighted by atomic mass is 10.0. The van der Waals surface area contributed by atoms with Gasteiger partial charge in [-0.2, -0.15) is 0 Å². The topological polar surface area (TPSA) is 52.7 Å². The Labute approximate surface area is 154 Å². The molecule has 5 nitrogen and oxygen atoms in total. The van der Waals surface area contributed by atoms with Gasteiger partial charge in [-0.05, 0) is 37.0 Å². The molecule has 3 rings (SSSR count). The van der Waals surface area contributed by atoms with E-state index in [1.54, 1.807) is 0 Å². The fourth-order valence-electron chi connectivity index (χ4n) is 3.72. The van der Waals surface area contributed by atoms with Crippen molar-refractivity contribution in [2.45, 2.75) is 32.1 Å². The summed E-state index contributed by atoms with van der Waals surface area (Å²) in [5.41, 5.74) is 1.09. The maximum absolute atomic E-state index is 12.3. The molecule has 1 aliphatic heterocycles. The molecular weight excluding hydrogens is 338 g/mol. The molecule has 2 fully saturated rings. The predicted octanol–water partition coefficient (Wildman–Crippen LogP) is 2.69. The molecule has 0 radical (unpaired) electrons. The summed E-state index contributed by atoms with van der Waals surface area (Å²) >= 11 is 6.04. The number of hydrogen-bond donors (Lipinski definition) is 1. The van der Waals surface area contributed by atoms with Gasteiger partial charge in [0.15, 0.2) is 0 Å². The van der Waals surface area contributed by atoms with Crippen LogP contribution in [0.3, 0.4) is 0 Å². The summed E-state index contributed by atoms with van der Waals surface area (Å²) in [6, 6.07) is 7.78. The molecule has 1 saturated heterocycles. The van der Waals surface area contributed by atoms with Crippen LogP contribution in [-0.2, 0) is 9.59 Å². The van der Waals surface area contributed by atoms with E-state index in [9.17, 15) is 9.59 Å². The molecule has 2 amide bonds. The van der Waals surface area contributed by atoms with Gasteiger partial charge in [0.25, 0.3) is 0 Å². The highest BCUT2D eigenvalue weighted by molar-refractivity contribution is 6.30. The minimum absolute atomic E-state index is 0.00511. The normalized spacial score (nSPS) is 18.4. The first-order valence-corrected chi connectivity index (χ1v) is 9.54. The van der Waals surface area contributed by atoms with Crippen LogP contribution in [0.5, 0.6) is 0 Å². The number of carbonyl (C=O) groups is 2. The van der Waals surface area contributed by atoms with Crippen molar-refractivity contribution >= 4 is 29.1 Å². The van der Waals surface area contributed by atoms with Gasteiger partial charge in [-0.25, -0.2) is 0 Å². The summed E-state index contributed by atoms with van der Waals surface area (Å²) in [7, 11) is 0. The summed E-state index contributed by atoms with van der Waals surface area (Å²) in [6.07, 6.45) is 5.32. The molecule has 0 atom stereocenters. The second-order valence-electron chi connectivity index (χ2n) is 6.98. The van der Waals surface area contributed by atoms with Gasteiger partial charge < -0.3 is 15.1 Å². The molecule has 1 aromatic carbocycles. The summed E-state index contributed by atoms with van der Waals surface area (Å²) in [6.45, 7) is 3.01. The lowest BCUT2D eigenvalue weighted by Crippen LogP contribution is -2.51. The molecule has 6 heteroatoms. The number of piperazine rings is 1. The molecule has 0 bridgehead atoms. The quantitative estimate of drug-likeness (QED) is 0.875. The molecule has 1 N–H and O–H groups in total. The molecule has 1 aromatic rings. The van der Waals surface area contributed by atoms with E-state index in [4.69, 9.17) is 11.6 Å². The first-order valence-electron chi connectivity index (χ1n) is 9.17. The zero-order chi connectivity index (χ0) is 17.6. The second kappa shape index (κ2) is 8.56. The average molecular weight is 364 g/mol. The maximum Gasteiger partial charge on any atom is 0.242 e. The first kappa shape index (κ1) is 18.1. The fourth-order valence-corrected chi connectivity index (χ4v) is 3.91. The fraction of sp³-hybridized carbons (Fsp3) is 0.579. The van der Waals surface area contributed by atoms with Gasteiger partial charge in [0.2, 0.25) is 11.8 Å². The summed E-state index contributed by atoms with van der Waals surface area (Å²) < 4.78 is 0. The van der Waals surface area contributed by atoms with Crippen molar-refractivity contribution in [3.05, 3.63) is 29.3 Å². The van der Waals surface area contributed by atoms with E-state index in [-0.39, 0.29) is 18.4 Å². The van der Waals surface area contributed by atoms with Crippen molar-refractivity contribution in [2.24, 2.45) is 5.92 Å². The predicted molar refractivity (Wildman–Crippen MR) is 99.8 cm³/mol. The van der Waals surface area contributed by atoms with E-state index in [1.807, 2.05) is 29.2 Å². The van der Waals surface area contributed by atoms with E-state index in [1.165, 1.54) is 12.8 Å². The van der Waals surface area contributed by atoms with Gasteiger partial charge in [-0.3, -0.25) is 9.59 Å². The Morgan fingerprint density at radius 2 is 1.84 bits per heavy atom. The second-order valence-corrected chi connectivity index (χ2v) is 7.42. The van der Waals surface area contributed by atoms with Crippen LogP contribution in [0.2, 0.25) is 5.02 Å². The smallest absolute Gasteiger partial charge is 0.242 e. The largest absolute Gasteiger partial charge is 0.368 e. The Hall–Kier alpha value is -1.75. The number of carbonyl (C=O) groups excluding carboxylic acids is 2. The zero-order valence-electron chi connectivity index (χ0n) is 14.5. The number of halogens is 1. The molecule has 1 aliphatic carbocycles. The molecule has 1 saturated carbocycles. The molecule has 1 heterocycles. The number of amides is 2. The van der Waals surface area contributed by atoms with Crippen molar-refractivity contribution in [3.8, 4) is 0 Å². The highest BCUT2D eigenvalue weighted by Crippen LogP contribution is 2.27. The van der Waals surface area contributed by atoms with Crippen molar-refractivity contribution < 1.29 is 9.59 Å². The van der Waals surface area contributed by atoms with Crippen LogP contribution in [0.15, 0.2) is 24.3 Å². The zero-order valence-corrected chi connectivity index (χ0v) is 15.3. The SMILES string of the molecule is O=C(CC1CCCC1)NCC(=O)N1CCN(c2cccc(Cl)c2)CC1. The number of benzene rings is 1. The Kier molecular flexibility index (Phi) is 6.19. The van der Waals surface area contributed by atoms with Crippen molar-refractivity contribution in [1.82, 2.24) is 10.2 Å². The van der Waals surface area contributed by atoms with Crippen LogP contribution in [0, 0.1) is 5.92 Å². The van der Waals surface area contributed by atoms with E-state index in [0.717, 1.165) is 36.6 Å². The minimum Gasteiger partial charge on any atom is -0.368 e. The van der Waals surface area contributed by atoms with E-state index in [2.05, 4.69) is 10.2 Å². The van der Waals surface area contributed by atoms with Crippen LogP contribution in [0.1, 0.15) is 32.1 Å². The van der Waals surface area contributed by atoms with E-state index in [0.29, 0.717) is 25.4 Å². The third-order valence-corrected chi connectivity index (χ3v) is 5.43. The highest BCUT2D eigenvalue weighted by atomic mass is 35.5. The van der Waals surface area contributed by atoms with Crippen LogP contribution in [0.25, 0.3) is 0 Å². The highest BCUT2D eigenvalue weighted by Gasteiger charge is 2.23. The Morgan fingerprint density at radius 1 is 1.12 bits per heavy atom. The lowest BCUT2D eigenvalue weighted by molar-refractivity contribution is -0.133. The Balaban J connectivity index is 1.40. The van der Waals surface area contributed by atoms with Gasteiger partial charge in [0.05, 0.1) is 6.54 Å². The molecule has 0 aromatic heterocycles. The van der Waals surface area contributed by atoms with Gasteiger partial charge in [0.1, 0.15) is 0 Å². The standard InChI is InChI=1S/C19H26ClN3O2/c20-16-6-3-7-17(13-16)22-8-10-23(11-9-22)19(25)14-21-18(24)12-15-4-1-2-5-15/h3,6-7,13,15H,1-2,4-5,8-12,14H2,(H,21,24). The van der Waals surface area contributed by atoms with Gasteiger partial charge in [-0.15, -0.1) is 0 Å². The van der Waals surface area contributed by atoms with Crippen LogP contribution in [0.4, 0.5) is 5.69 Å². The number of rotatable bonds is 5. The van der Waals surface area contributed by atoms with E-state index < -0.39 is 0 Å². The molecular formula is C19H26ClN3O2. The Morgan fingerprint density at radius 3 is 2.52 bits per heavy atom. The first-order chi connectivity index (χ1) is 12.1. The molecule has 25 heavy (non-hydrogen) atoms. The summed E-state index contributed by atoms with van der Waals surface area (Å²) in [5.74, 6) is 0.527. The van der Waals surface area contributed by atoms with Crippen molar-refractivity contribution in [3.63, 3.8) is 0 Å². The molecule has 136 valence electrons. The minimum atomic E-state index is 0.00511. The lowest BCUT2D eigenvalue weighted by Gasteiger charge is -2.36. The number of nitrogens with zero attached hydrogens (tertiary/aromatic N) is 2. The van der Waals surface area contributed by atoms with Gasteiger partial charge in [-0.1, -0.05) is 30.5 Å². The van der Waals surface area contributed by atoms with Crippen molar-refractivity contribution in [1.29, 1.82) is 0 Å². The number of anilines is 1. The van der Waals surface area contributed by atoms with Gasteiger partial charge >= 0.3 is 0 Å². The third-order valence-electron chi connectivity index (χ3n) is 5.19. The van der Waals surface area contributed by atoms with E-state index >= 15 is 0 Å². The summed E-state index contributed by atoms with van der Waals surface area (Å²) in [5, 5.41) is 3.52. The molecule has 0 unspecified atom stereocenters. The average Bonchev–Trinajstić information content (AvgIpc) is 3.13. The number of hydrogen-bond acceptors (Lipinski definition) is 3.